The van der Waals surface area contributed by atoms with Gasteiger partial charge in [-0.05, 0) is 17.7 Å². The van der Waals surface area contributed by atoms with Gasteiger partial charge in [0.15, 0.2) is 17.7 Å². The topological polar surface area (TPSA) is 178 Å². The van der Waals surface area contributed by atoms with E-state index >= 15 is 0 Å². The van der Waals surface area contributed by atoms with Gasteiger partial charge in [-0.25, -0.2) is 28.1 Å². The molecular formula is C19H23N7O5S. The predicted octanol–water partition coefficient (Wildman–Crippen LogP) is -0.340. The summed E-state index contributed by atoms with van der Waals surface area (Å²) < 4.78 is 34.3. The lowest BCUT2D eigenvalue weighted by Gasteiger charge is -2.16. The number of nitrogens with two attached hydrogens (primary N) is 1. The maximum atomic E-state index is 12.3. The molecule has 3 heterocycles. The number of nitrogens with zero attached hydrogens (tertiary/aromatic N) is 4. The lowest BCUT2D eigenvalue weighted by molar-refractivity contribution is -0.0329. The molecule has 0 aliphatic carbocycles. The highest BCUT2D eigenvalue weighted by atomic mass is 32.2. The maximum Gasteiger partial charge on any atom is 0.233 e. The van der Waals surface area contributed by atoms with Crippen molar-refractivity contribution in [3.8, 4) is 0 Å². The number of nitrogen functional groups attached to an aromatic ring is 1. The number of fused-ring (bicyclic) bond motifs is 1. The average molecular weight is 462 g/mol. The number of para-hydroxylation sites is 1. The molecule has 0 amide bonds. The molecule has 1 aliphatic heterocycles. The van der Waals surface area contributed by atoms with Crippen molar-refractivity contribution in [3.05, 3.63) is 47.9 Å². The van der Waals surface area contributed by atoms with Gasteiger partial charge >= 0.3 is 0 Å². The molecule has 1 fully saturated rings. The van der Waals surface area contributed by atoms with Crippen LogP contribution in [0.25, 0.3) is 17.2 Å². The second-order valence-electron chi connectivity index (χ2n) is 7.17. The first kappa shape index (κ1) is 22.1. The maximum absolute atomic E-state index is 12.3. The minimum absolute atomic E-state index is 0.255. The lowest BCUT2D eigenvalue weighted by Crippen LogP contribution is -2.39. The average Bonchev–Trinajstić information content (AvgIpc) is 3.33. The summed E-state index contributed by atoms with van der Waals surface area (Å²) in [6.07, 6.45) is -0.541. The molecule has 13 heteroatoms. The van der Waals surface area contributed by atoms with Crippen LogP contribution in [0.3, 0.4) is 0 Å². The number of benzene rings is 1. The monoisotopic (exact) mass is 461 g/mol. The Hall–Kier alpha value is -3.10. The molecule has 170 valence electrons. The number of hydrogen-bond donors (Lipinski definition) is 5. The highest BCUT2D eigenvalue weighted by molar-refractivity contribution is 7.92. The number of nitrogens with one attached hydrogen (secondary N) is 2. The Morgan fingerprint density at radius 1 is 1.22 bits per heavy atom. The van der Waals surface area contributed by atoms with E-state index in [1.54, 1.807) is 31.3 Å². The second-order valence-corrected chi connectivity index (χ2v) is 8.82. The van der Waals surface area contributed by atoms with Gasteiger partial charge in [-0.3, -0.25) is 4.57 Å². The Morgan fingerprint density at radius 2 is 2.00 bits per heavy atom. The molecule has 1 saturated heterocycles. The number of anilines is 2. The smallest absolute Gasteiger partial charge is 0.233 e. The van der Waals surface area contributed by atoms with Crippen LogP contribution in [0.4, 0.5) is 11.5 Å². The van der Waals surface area contributed by atoms with E-state index in [9.17, 15) is 18.6 Å². The second kappa shape index (κ2) is 8.80. The van der Waals surface area contributed by atoms with Crippen molar-refractivity contribution in [2.45, 2.75) is 24.5 Å². The molecule has 3 aromatic rings. The first-order valence-corrected chi connectivity index (χ1v) is 11.2. The van der Waals surface area contributed by atoms with E-state index in [0.717, 1.165) is 5.41 Å². The van der Waals surface area contributed by atoms with E-state index in [-0.39, 0.29) is 6.54 Å². The summed E-state index contributed by atoms with van der Waals surface area (Å²) in [7, 11) is -2.16. The predicted molar refractivity (Wildman–Crippen MR) is 118 cm³/mol. The molecule has 12 nitrogen and oxygen atoms in total. The summed E-state index contributed by atoms with van der Waals surface area (Å²) in [4.78, 5) is 12.5. The summed E-state index contributed by atoms with van der Waals surface area (Å²) in [6, 6.07) is 6.83. The Balaban J connectivity index is 1.47. The van der Waals surface area contributed by atoms with Gasteiger partial charge < -0.3 is 26.0 Å². The van der Waals surface area contributed by atoms with Crippen LogP contribution in [-0.2, 0) is 14.8 Å². The van der Waals surface area contributed by atoms with Crippen LogP contribution >= 0.6 is 0 Å². The van der Waals surface area contributed by atoms with Gasteiger partial charge in [0, 0.05) is 24.7 Å². The van der Waals surface area contributed by atoms with Crippen LogP contribution in [0.2, 0.25) is 0 Å². The number of aromatic nitrogens is 4. The molecule has 2 aromatic heterocycles. The normalized spacial score (nSPS) is 23.8. The summed E-state index contributed by atoms with van der Waals surface area (Å²) in [5.74, 6) is 0.497. The van der Waals surface area contributed by atoms with Gasteiger partial charge in [-0.1, -0.05) is 18.2 Å². The number of imidazole rings is 1. The molecule has 0 radical (unpaired) electrons. The third-order valence-electron chi connectivity index (χ3n) is 5.12. The number of rotatable bonds is 7. The quantitative estimate of drug-likeness (QED) is 0.292. The van der Waals surface area contributed by atoms with Crippen LogP contribution in [0, 0.1) is 0 Å². The van der Waals surface area contributed by atoms with Crippen molar-refractivity contribution >= 4 is 38.8 Å². The largest absolute Gasteiger partial charge is 0.398 e. The van der Waals surface area contributed by atoms with E-state index in [2.05, 4.69) is 25.0 Å². The number of sulfonamides is 1. The van der Waals surface area contributed by atoms with E-state index in [0.29, 0.717) is 28.2 Å². The molecule has 4 rings (SSSR count). The molecular weight excluding hydrogens is 438 g/mol. The van der Waals surface area contributed by atoms with E-state index in [1.807, 2.05) is 0 Å². The Bertz CT molecular complexity index is 1250. The molecule has 1 aliphatic rings. The van der Waals surface area contributed by atoms with Crippen LogP contribution in [0.1, 0.15) is 11.8 Å². The number of hydrogen-bond acceptors (Lipinski definition) is 10. The highest BCUT2D eigenvalue weighted by Crippen LogP contribution is 2.32. The van der Waals surface area contributed by atoms with Crippen molar-refractivity contribution in [3.63, 3.8) is 0 Å². The third-order valence-corrected chi connectivity index (χ3v) is 6.18. The van der Waals surface area contributed by atoms with Crippen LogP contribution in [0.5, 0.6) is 0 Å². The number of ether oxygens (including phenoxy) is 1. The fourth-order valence-electron chi connectivity index (χ4n) is 3.42. The van der Waals surface area contributed by atoms with E-state index < -0.39 is 34.6 Å². The minimum atomic E-state index is -3.85. The first-order valence-electron chi connectivity index (χ1n) is 9.70. The molecule has 32 heavy (non-hydrogen) atoms. The first-order chi connectivity index (χ1) is 15.3. The third kappa shape index (κ3) is 4.28. The molecule has 0 spiro atoms. The molecule has 1 aromatic carbocycles. The fraction of sp³-hybridized carbons (Fsp3) is 0.316. The van der Waals surface area contributed by atoms with Crippen LogP contribution in [-0.4, -0.2) is 70.1 Å². The van der Waals surface area contributed by atoms with Gasteiger partial charge in [0.2, 0.25) is 10.0 Å². The van der Waals surface area contributed by atoms with Gasteiger partial charge in [0.05, 0.1) is 6.33 Å². The zero-order valence-corrected chi connectivity index (χ0v) is 17.8. The summed E-state index contributed by atoms with van der Waals surface area (Å²) in [6.45, 7) is -0.255. The molecule has 0 unspecified atom stereocenters. The zero-order chi connectivity index (χ0) is 22.9. The van der Waals surface area contributed by atoms with Crippen molar-refractivity contribution < 1.29 is 23.4 Å². The van der Waals surface area contributed by atoms with Crippen molar-refractivity contribution in [1.29, 1.82) is 0 Å². The fourth-order valence-corrected chi connectivity index (χ4v) is 4.24. The van der Waals surface area contributed by atoms with E-state index in [4.69, 9.17) is 10.5 Å². The lowest BCUT2D eigenvalue weighted by atomic mass is 10.1. The van der Waals surface area contributed by atoms with E-state index in [1.165, 1.54) is 23.3 Å². The van der Waals surface area contributed by atoms with Crippen molar-refractivity contribution in [2.24, 2.45) is 0 Å². The Morgan fingerprint density at radius 3 is 2.75 bits per heavy atom. The Labute approximate surface area is 183 Å². The minimum Gasteiger partial charge on any atom is -0.398 e. The molecule has 6 N–H and O–H groups in total. The van der Waals surface area contributed by atoms with Gasteiger partial charge in [-0.2, -0.15) is 0 Å². The summed E-state index contributed by atoms with van der Waals surface area (Å²) >= 11 is 0. The molecule has 0 bridgehead atoms. The van der Waals surface area contributed by atoms with Crippen molar-refractivity contribution in [1.82, 2.24) is 24.2 Å². The van der Waals surface area contributed by atoms with Gasteiger partial charge in [0.1, 0.15) is 30.2 Å². The summed E-state index contributed by atoms with van der Waals surface area (Å²) in [5.41, 5.74) is 7.67. The zero-order valence-electron chi connectivity index (χ0n) is 17.0. The van der Waals surface area contributed by atoms with Crippen molar-refractivity contribution in [2.75, 3.05) is 24.6 Å². The number of aliphatic hydroxyl groups is 2. The van der Waals surface area contributed by atoms with Crippen LogP contribution < -0.4 is 15.8 Å². The number of aliphatic hydroxyl groups excluding tert-OH is 2. The standard InChI is InChI=1S/C19H23N7O5S/c1-21-17-14-18(23-9-22-17)26(10-24-14)19-16(28)15(27)13(31-19)8-25-32(29,30)7-6-11-4-2-3-5-12(11)20/h2-7,9-10,13,15-16,19,25,27-28H,8,20H2,1H3,(H,21,22,23)/b7-6+/t13-,15-,16-,19-/m1/s1. The van der Waals surface area contributed by atoms with Gasteiger partial charge in [-0.15, -0.1) is 0 Å². The van der Waals surface area contributed by atoms with Crippen LogP contribution in [0.15, 0.2) is 42.3 Å². The highest BCUT2D eigenvalue weighted by Gasteiger charge is 2.44. The SMILES string of the molecule is CNc1ncnc2c1ncn2[C@@H]1O[C@H](CNS(=O)(=O)/C=C/c2ccccc2N)[C@@H](O)[C@H]1O. The summed E-state index contributed by atoms with van der Waals surface area (Å²) in [5, 5.41) is 24.8. The Kier molecular flexibility index (Phi) is 6.08. The molecule has 0 saturated carbocycles. The molecule has 4 atom stereocenters. The van der Waals surface area contributed by atoms with Gasteiger partial charge in [0.25, 0.3) is 0 Å².